The van der Waals surface area contributed by atoms with E-state index in [1.54, 1.807) is 10.7 Å². The van der Waals surface area contributed by atoms with Crippen LogP contribution in [0.15, 0.2) is 42.6 Å². The summed E-state index contributed by atoms with van der Waals surface area (Å²) in [5.74, 6) is -0.705. The number of rotatable bonds is 5. The van der Waals surface area contributed by atoms with Crippen LogP contribution in [0.3, 0.4) is 0 Å². The molecule has 10 heteroatoms. The van der Waals surface area contributed by atoms with Crippen molar-refractivity contribution in [3.63, 3.8) is 0 Å². The molecule has 3 aromatic rings. The normalized spacial score (nSPS) is 18.0. The van der Waals surface area contributed by atoms with Crippen molar-refractivity contribution in [3.8, 4) is 17.0 Å². The number of benzene rings is 1. The van der Waals surface area contributed by atoms with E-state index in [9.17, 15) is 22.4 Å². The van der Waals surface area contributed by atoms with Crippen molar-refractivity contribution < 1.29 is 27.1 Å². The van der Waals surface area contributed by atoms with Gasteiger partial charge in [0.1, 0.15) is 17.3 Å². The van der Waals surface area contributed by atoms with Gasteiger partial charge in [0, 0.05) is 29.9 Å². The molecule has 1 saturated carbocycles. The van der Waals surface area contributed by atoms with Gasteiger partial charge in [-0.05, 0) is 56.0 Å². The second-order valence-corrected chi connectivity index (χ2v) is 8.27. The Labute approximate surface area is 186 Å². The SMILES string of the molecule is O=C(NC1CCCn2nc(-c3ccnc(C(F)(F)F)c3)cc21)c1cc(F)cc(OC2CC2)c1. The Bertz CT molecular complexity index is 1200. The van der Waals surface area contributed by atoms with Gasteiger partial charge in [0.15, 0.2) is 0 Å². The van der Waals surface area contributed by atoms with Crippen LogP contribution in [-0.4, -0.2) is 26.8 Å². The van der Waals surface area contributed by atoms with Crippen LogP contribution in [0.5, 0.6) is 5.75 Å². The number of alkyl halides is 3. The van der Waals surface area contributed by atoms with Gasteiger partial charge >= 0.3 is 6.18 Å². The van der Waals surface area contributed by atoms with Gasteiger partial charge in [-0.15, -0.1) is 0 Å². The standard InChI is InChI=1S/C23H20F4N4O2/c24-15-8-14(9-17(11-15)33-16-3-4-16)22(32)29-18-2-1-7-31-20(18)12-19(30-31)13-5-6-28-21(10-13)23(25,26)27/h5-6,8-12,16,18H,1-4,7H2,(H,29,32). The Balaban J connectivity index is 1.38. The Kier molecular flexibility index (Phi) is 5.30. The fraction of sp³-hybridized carbons (Fsp3) is 0.348. The zero-order valence-electron chi connectivity index (χ0n) is 17.4. The zero-order chi connectivity index (χ0) is 23.2. The minimum atomic E-state index is -4.56. The third-order valence-corrected chi connectivity index (χ3v) is 5.64. The monoisotopic (exact) mass is 460 g/mol. The maximum Gasteiger partial charge on any atom is 0.433 e. The number of hydrogen-bond acceptors (Lipinski definition) is 4. The Hall–Kier alpha value is -3.43. The number of hydrogen-bond donors (Lipinski definition) is 1. The molecule has 0 radical (unpaired) electrons. The first-order valence-electron chi connectivity index (χ1n) is 10.7. The Morgan fingerprint density at radius 1 is 1.12 bits per heavy atom. The molecule has 3 heterocycles. The minimum Gasteiger partial charge on any atom is -0.490 e. The predicted molar refractivity (Wildman–Crippen MR) is 110 cm³/mol. The van der Waals surface area contributed by atoms with Gasteiger partial charge in [0.05, 0.1) is 23.5 Å². The number of nitrogens with zero attached hydrogens (tertiary/aromatic N) is 3. The Morgan fingerprint density at radius 3 is 2.70 bits per heavy atom. The highest BCUT2D eigenvalue weighted by molar-refractivity contribution is 5.94. The first-order chi connectivity index (χ1) is 15.8. The third kappa shape index (κ3) is 4.69. The van der Waals surface area contributed by atoms with Crippen LogP contribution in [0, 0.1) is 5.82 Å². The minimum absolute atomic E-state index is 0.0693. The molecule has 1 amide bonds. The zero-order valence-corrected chi connectivity index (χ0v) is 17.4. The van der Waals surface area contributed by atoms with E-state index in [1.165, 1.54) is 18.2 Å². The topological polar surface area (TPSA) is 69.0 Å². The number of ether oxygens (including phenoxy) is 1. The summed E-state index contributed by atoms with van der Waals surface area (Å²) in [6, 6.07) is 7.59. The van der Waals surface area contributed by atoms with Crippen LogP contribution in [0.4, 0.5) is 17.6 Å². The summed E-state index contributed by atoms with van der Waals surface area (Å²) in [6.07, 6.45) is -0.216. The Morgan fingerprint density at radius 2 is 1.94 bits per heavy atom. The molecule has 33 heavy (non-hydrogen) atoms. The molecule has 1 fully saturated rings. The van der Waals surface area contributed by atoms with Crippen molar-refractivity contribution in [2.75, 3.05) is 0 Å². The highest BCUT2D eigenvalue weighted by Gasteiger charge is 2.33. The first-order valence-corrected chi connectivity index (χ1v) is 10.7. The van der Waals surface area contributed by atoms with Crippen LogP contribution < -0.4 is 10.1 Å². The molecular weight excluding hydrogens is 440 g/mol. The van der Waals surface area contributed by atoms with Crippen molar-refractivity contribution in [2.45, 2.75) is 50.6 Å². The van der Waals surface area contributed by atoms with E-state index in [0.717, 1.165) is 37.6 Å². The molecule has 1 aliphatic heterocycles. The molecule has 2 aliphatic rings. The second-order valence-electron chi connectivity index (χ2n) is 8.27. The average Bonchev–Trinajstić information content (AvgIpc) is 3.46. The molecular formula is C23H20F4N4O2. The van der Waals surface area contributed by atoms with Gasteiger partial charge < -0.3 is 10.1 Å². The number of aromatic nitrogens is 3. The highest BCUT2D eigenvalue weighted by atomic mass is 19.4. The number of amides is 1. The summed E-state index contributed by atoms with van der Waals surface area (Å²) in [4.78, 5) is 16.2. The molecule has 1 atom stereocenters. The van der Waals surface area contributed by atoms with E-state index in [0.29, 0.717) is 30.1 Å². The summed E-state index contributed by atoms with van der Waals surface area (Å²) >= 11 is 0. The molecule has 0 bridgehead atoms. The van der Waals surface area contributed by atoms with Crippen LogP contribution >= 0.6 is 0 Å². The summed E-state index contributed by atoms with van der Waals surface area (Å²) in [7, 11) is 0. The third-order valence-electron chi connectivity index (χ3n) is 5.64. The van der Waals surface area contributed by atoms with Gasteiger partial charge in [-0.2, -0.15) is 18.3 Å². The van der Waals surface area contributed by atoms with E-state index in [2.05, 4.69) is 15.4 Å². The van der Waals surface area contributed by atoms with Crippen molar-refractivity contribution in [1.82, 2.24) is 20.1 Å². The van der Waals surface area contributed by atoms with E-state index in [-0.39, 0.29) is 17.2 Å². The predicted octanol–water partition coefficient (Wildman–Crippen LogP) is 4.91. The molecule has 6 nitrogen and oxygen atoms in total. The van der Waals surface area contributed by atoms with Crippen LogP contribution in [-0.2, 0) is 12.7 Å². The lowest BCUT2D eigenvalue weighted by molar-refractivity contribution is -0.141. The quantitative estimate of drug-likeness (QED) is 0.550. The number of halogens is 4. The summed E-state index contributed by atoms with van der Waals surface area (Å²) < 4.78 is 60.4. The summed E-state index contributed by atoms with van der Waals surface area (Å²) in [6.45, 7) is 0.582. The molecule has 1 N–H and O–H groups in total. The van der Waals surface area contributed by atoms with Crippen LogP contribution in [0.1, 0.15) is 53.5 Å². The second kappa shape index (κ2) is 8.17. The fourth-order valence-electron chi connectivity index (χ4n) is 3.90. The van der Waals surface area contributed by atoms with Crippen LogP contribution in [0.25, 0.3) is 11.3 Å². The molecule has 1 unspecified atom stereocenters. The highest BCUT2D eigenvalue weighted by Crippen LogP contribution is 2.33. The summed E-state index contributed by atoms with van der Waals surface area (Å²) in [5.41, 5.74) is 0.486. The molecule has 2 aromatic heterocycles. The maximum atomic E-state index is 14.0. The fourth-order valence-corrected chi connectivity index (χ4v) is 3.90. The lowest BCUT2D eigenvalue weighted by atomic mass is 10.0. The van der Waals surface area contributed by atoms with Gasteiger partial charge in [0.25, 0.3) is 5.91 Å². The average molecular weight is 460 g/mol. The van der Waals surface area contributed by atoms with Gasteiger partial charge in [0.2, 0.25) is 0 Å². The van der Waals surface area contributed by atoms with Crippen molar-refractivity contribution >= 4 is 5.91 Å². The van der Waals surface area contributed by atoms with Crippen LogP contribution in [0.2, 0.25) is 0 Å². The van der Waals surface area contributed by atoms with Crippen molar-refractivity contribution in [2.24, 2.45) is 0 Å². The molecule has 0 saturated heterocycles. The molecule has 1 aliphatic carbocycles. The van der Waals surface area contributed by atoms with E-state index in [4.69, 9.17) is 4.74 Å². The molecule has 1 aromatic carbocycles. The number of carbonyl (C=O) groups excluding carboxylic acids is 1. The lowest BCUT2D eigenvalue weighted by Crippen LogP contribution is -2.32. The van der Waals surface area contributed by atoms with E-state index < -0.39 is 29.6 Å². The van der Waals surface area contributed by atoms with E-state index >= 15 is 0 Å². The first kappa shape index (κ1) is 21.4. The van der Waals surface area contributed by atoms with E-state index in [1.807, 2.05) is 0 Å². The smallest absolute Gasteiger partial charge is 0.433 e. The van der Waals surface area contributed by atoms with Crippen molar-refractivity contribution in [1.29, 1.82) is 0 Å². The number of carbonyl (C=O) groups is 1. The lowest BCUT2D eigenvalue weighted by Gasteiger charge is -2.24. The maximum absolute atomic E-state index is 14.0. The number of aryl methyl sites for hydroxylation is 1. The summed E-state index contributed by atoms with van der Waals surface area (Å²) in [5, 5.41) is 7.33. The molecule has 0 spiro atoms. The van der Waals surface area contributed by atoms with Crippen molar-refractivity contribution in [3.05, 3.63) is 65.4 Å². The molecule has 172 valence electrons. The van der Waals surface area contributed by atoms with Gasteiger partial charge in [-0.1, -0.05) is 0 Å². The number of fused-ring (bicyclic) bond motifs is 1. The van der Waals surface area contributed by atoms with Gasteiger partial charge in [-0.3, -0.25) is 14.5 Å². The molecule has 5 rings (SSSR count). The van der Waals surface area contributed by atoms with Gasteiger partial charge in [-0.25, -0.2) is 4.39 Å². The largest absolute Gasteiger partial charge is 0.490 e. The number of nitrogens with one attached hydrogen (secondary N) is 1. The number of pyridine rings is 1.